The van der Waals surface area contributed by atoms with Gasteiger partial charge in [0.15, 0.2) is 0 Å². The second-order valence-corrected chi connectivity index (χ2v) is 6.67. The predicted molar refractivity (Wildman–Crippen MR) is 89.0 cm³/mol. The summed E-state index contributed by atoms with van der Waals surface area (Å²) in [6, 6.07) is 9.77. The molecule has 0 aliphatic rings. The highest BCUT2D eigenvalue weighted by Gasteiger charge is 2.14. The molecule has 0 fully saturated rings. The molecule has 2 atom stereocenters. The SMILES string of the molecule is CC(C)c1ccc(C(C)N(C)CCC(N)C(C)C)cc1. The number of nitrogens with zero attached hydrogens (tertiary/aromatic N) is 1. The third kappa shape index (κ3) is 4.92. The second-order valence-electron chi connectivity index (χ2n) is 6.67. The Morgan fingerprint density at radius 1 is 0.950 bits per heavy atom. The minimum atomic E-state index is 0.299. The molecule has 2 heteroatoms. The van der Waals surface area contributed by atoms with Crippen LogP contribution in [0.4, 0.5) is 0 Å². The van der Waals surface area contributed by atoms with E-state index in [4.69, 9.17) is 5.73 Å². The van der Waals surface area contributed by atoms with Crippen LogP contribution < -0.4 is 5.73 Å². The molecule has 20 heavy (non-hydrogen) atoms. The number of hydrogen-bond donors (Lipinski definition) is 1. The van der Waals surface area contributed by atoms with Crippen molar-refractivity contribution in [3.05, 3.63) is 35.4 Å². The molecule has 1 aromatic rings. The van der Waals surface area contributed by atoms with E-state index in [0.717, 1.165) is 13.0 Å². The zero-order valence-corrected chi connectivity index (χ0v) is 14.1. The Hall–Kier alpha value is -0.860. The fourth-order valence-corrected chi connectivity index (χ4v) is 2.29. The van der Waals surface area contributed by atoms with Gasteiger partial charge in [0.25, 0.3) is 0 Å². The molecule has 0 bridgehead atoms. The van der Waals surface area contributed by atoms with E-state index in [1.54, 1.807) is 0 Å². The van der Waals surface area contributed by atoms with Crippen LogP contribution in [0.25, 0.3) is 0 Å². The van der Waals surface area contributed by atoms with Gasteiger partial charge in [-0.05, 0) is 49.9 Å². The van der Waals surface area contributed by atoms with Crippen molar-refractivity contribution >= 4 is 0 Å². The monoisotopic (exact) mass is 276 g/mol. The lowest BCUT2D eigenvalue weighted by Gasteiger charge is -2.27. The van der Waals surface area contributed by atoms with Gasteiger partial charge in [-0.25, -0.2) is 0 Å². The second kappa shape index (κ2) is 7.80. The van der Waals surface area contributed by atoms with Crippen LogP contribution in [0.1, 0.15) is 64.1 Å². The lowest BCUT2D eigenvalue weighted by molar-refractivity contribution is 0.243. The van der Waals surface area contributed by atoms with Crippen LogP contribution >= 0.6 is 0 Å². The van der Waals surface area contributed by atoms with Crippen LogP contribution in [0.3, 0.4) is 0 Å². The molecule has 0 heterocycles. The molecule has 1 aromatic carbocycles. The van der Waals surface area contributed by atoms with Crippen molar-refractivity contribution in [3.63, 3.8) is 0 Å². The van der Waals surface area contributed by atoms with Gasteiger partial charge in [-0.1, -0.05) is 52.0 Å². The predicted octanol–water partition coefficient (Wildman–Crippen LogP) is 4.18. The molecule has 0 aromatic heterocycles. The largest absolute Gasteiger partial charge is 0.327 e. The van der Waals surface area contributed by atoms with E-state index in [2.05, 4.69) is 70.8 Å². The molecule has 0 saturated carbocycles. The molecule has 0 saturated heterocycles. The summed E-state index contributed by atoms with van der Waals surface area (Å²) in [6.07, 6.45) is 1.06. The van der Waals surface area contributed by atoms with Gasteiger partial charge in [0, 0.05) is 12.1 Å². The summed E-state index contributed by atoms with van der Waals surface area (Å²) in [6.45, 7) is 12.2. The zero-order chi connectivity index (χ0) is 15.3. The van der Waals surface area contributed by atoms with Crippen LogP contribution in [-0.4, -0.2) is 24.5 Å². The molecule has 0 aliphatic heterocycles. The Morgan fingerprint density at radius 3 is 1.90 bits per heavy atom. The summed E-state index contributed by atoms with van der Waals surface area (Å²) in [5.74, 6) is 1.16. The normalized spacial score (nSPS) is 15.1. The Balaban J connectivity index is 2.57. The summed E-state index contributed by atoms with van der Waals surface area (Å²) in [7, 11) is 2.19. The van der Waals surface area contributed by atoms with Crippen molar-refractivity contribution in [1.29, 1.82) is 0 Å². The average Bonchev–Trinajstić information content (AvgIpc) is 2.43. The first kappa shape index (κ1) is 17.2. The minimum absolute atomic E-state index is 0.299. The van der Waals surface area contributed by atoms with E-state index >= 15 is 0 Å². The smallest absolute Gasteiger partial charge is 0.0316 e. The van der Waals surface area contributed by atoms with Crippen molar-refractivity contribution in [2.75, 3.05) is 13.6 Å². The van der Waals surface area contributed by atoms with E-state index in [-0.39, 0.29) is 0 Å². The number of hydrogen-bond acceptors (Lipinski definition) is 2. The maximum Gasteiger partial charge on any atom is 0.0316 e. The molecule has 0 aliphatic carbocycles. The fourth-order valence-electron chi connectivity index (χ4n) is 2.29. The molecule has 1 rings (SSSR count). The van der Waals surface area contributed by atoms with E-state index < -0.39 is 0 Å². The van der Waals surface area contributed by atoms with Gasteiger partial charge < -0.3 is 5.73 Å². The average molecular weight is 276 g/mol. The number of rotatable bonds is 7. The van der Waals surface area contributed by atoms with E-state index in [9.17, 15) is 0 Å². The van der Waals surface area contributed by atoms with Crippen LogP contribution in [0.5, 0.6) is 0 Å². The van der Waals surface area contributed by atoms with Gasteiger partial charge in [0.2, 0.25) is 0 Å². The van der Waals surface area contributed by atoms with Crippen molar-refractivity contribution in [1.82, 2.24) is 4.90 Å². The first-order valence-electron chi connectivity index (χ1n) is 7.88. The Kier molecular flexibility index (Phi) is 6.70. The molecule has 2 nitrogen and oxygen atoms in total. The molecule has 114 valence electrons. The van der Waals surface area contributed by atoms with Gasteiger partial charge in [-0.15, -0.1) is 0 Å². The Bertz CT molecular complexity index is 381. The van der Waals surface area contributed by atoms with Crippen LogP contribution in [-0.2, 0) is 0 Å². The first-order chi connectivity index (χ1) is 9.32. The molecule has 0 radical (unpaired) electrons. The Morgan fingerprint density at radius 2 is 1.45 bits per heavy atom. The number of nitrogens with two attached hydrogens (primary N) is 1. The number of benzene rings is 1. The molecular weight excluding hydrogens is 244 g/mol. The fraction of sp³-hybridized carbons (Fsp3) is 0.667. The quantitative estimate of drug-likeness (QED) is 0.809. The standard InChI is InChI=1S/C18H32N2/c1-13(2)16-7-9-17(10-8-16)15(5)20(6)12-11-18(19)14(3)4/h7-10,13-15,18H,11-12,19H2,1-6H3. The minimum Gasteiger partial charge on any atom is -0.327 e. The highest BCUT2D eigenvalue weighted by Crippen LogP contribution is 2.22. The lowest BCUT2D eigenvalue weighted by atomic mass is 9.98. The Labute approximate surface area is 125 Å². The van der Waals surface area contributed by atoms with E-state index in [1.165, 1.54) is 11.1 Å². The van der Waals surface area contributed by atoms with Crippen molar-refractivity contribution < 1.29 is 0 Å². The highest BCUT2D eigenvalue weighted by molar-refractivity contribution is 5.26. The maximum atomic E-state index is 6.13. The van der Waals surface area contributed by atoms with Gasteiger partial charge in [-0.2, -0.15) is 0 Å². The summed E-state index contributed by atoms with van der Waals surface area (Å²) in [4.78, 5) is 2.40. The van der Waals surface area contributed by atoms with E-state index in [1.807, 2.05) is 0 Å². The van der Waals surface area contributed by atoms with Gasteiger partial charge in [0.1, 0.15) is 0 Å². The molecule has 0 amide bonds. The van der Waals surface area contributed by atoms with Crippen molar-refractivity contribution in [3.8, 4) is 0 Å². The molecule has 2 N–H and O–H groups in total. The first-order valence-corrected chi connectivity index (χ1v) is 7.88. The van der Waals surface area contributed by atoms with Gasteiger partial charge >= 0.3 is 0 Å². The topological polar surface area (TPSA) is 29.3 Å². The molecule has 0 spiro atoms. The lowest BCUT2D eigenvalue weighted by Crippen LogP contribution is -2.32. The summed E-state index contributed by atoms with van der Waals surface area (Å²) in [5.41, 5.74) is 8.92. The van der Waals surface area contributed by atoms with E-state index in [0.29, 0.717) is 23.9 Å². The van der Waals surface area contributed by atoms with Gasteiger partial charge in [-0.3, -0.25) is 4.90 Å². The van der Waals surface area contributed by atoms with Crippen LogP contribution in [0.15, 0.2) is 24.3 Å². The summed E-state index contributed by atoms with van der Waals surface area (Å²) >= 11 is 0. The maximum absolute atomic E-state index is 6.13. The van der Waals surface area contributed by atoms with Crippen molar-refractivity contribution in [2.24, 2.45) is 11.7 Å². The van der Waals surface area contributed by atoms with Crippen molar-refractivity contribution in [2.45, 2.75) is 59.0 Å². The van der Waals surface area contributed by atoms with Crippen LogP contribution in [0, 0.1) is 5.92 Å². The third-order valence-corrected chi connectivity index (χ3v) is 4.42. The van der Waals surface area contributed by atoms with Crippen LogP contribution in [0.2, 0.25) is 0 Å². The highest BCUT2D eigenvalue weighted by atomic mass is 15.1. The summed E-state index contributed by atoms with van der Waals surface area (Å²) < 4.78 is 0. The molecule has 2 unspecified atom stereocenters. The zero-order valence-electron chi connectivity index (χ0n) is 14.1. The molecular formula is C18H32N2. The third-order valence-electron chi connectivity index (χ3n) is 4.42. The van der Waals surface area contributed by atoms with Gasteiger partial charge in [0.05, 0.1) is 0 Å². The summed E-state index contributed by atoms with van der Waals surface area (Å²) in [5, 5.41) is 0.